The molecule has 1 fully saturated rings. The molecule has 1 aromatic heterocycles. The van der Waals surface area contributed by atoms with Crippen LogP contribution in [0.25, 0.3) is 0 Å². The van der Waals surface area contributed by atoms with Crippen molar-refractivity contribution in [2.24, 2.45) is 0 Å². The summed E-state index contributed by atoms with van der Waals surface area (Å²) < 4.78 is 69.4. The highest BCUT2D eigenvalue weighted by molar-refractivity contribution is 7.48. The van der Waals surface area contributed by atoms with E-state index in [1.54, 1.807) is 41.5 Å². The highest BCUT2D eigenvalue weighted by Gasteiger charge is 2.51. The summed E-state index contributed by atoms with van der Waals surface area (Å²) in [5.74, 6) is -3.74. The van der Waals surface area contributed by atoms with E-state index in [9.17, 15) is 36.7 Å². The van der Waals surface area contributed by atoms with Crippen molar-refractivity contribution in [3.05, 3.63) is 33.1 Å². The molecule has 3 N–H and O–H groups in total. The number of hydrogen-bond donors (Lipinski definition) is 3. The van der Waals surface area contributed by atoms with Gasteiger partial charge in [0.15, 0.2) is 8.45 Å². The van der Waals surface area contributed by atoms with Crippen molar-refractivity contribution in [2.75, 3.05) is 20.1 Å². The summed E-state index contributed by atoms with van der Waals surface area (Å²) in [6.07, 6.45) is -2.73. The number of H-pyrrole nitrogens is 1. The van der Waals surface area contributed by atoms with Gasteiger partial charge >= 0.3 is 11.7 Å². The first-order valence-corrected chi connectivity index (χ1v) is 13.2. The van der Waals surface area contributed by atoms with Crippen LogP contribution in [0.2, 0.25) is 0 Å². The Morgan fingerprint density at radius 2 is 1.87 bits per heavy atom. The van der Waals surface area contributed by atoms with E-state index in [4.69, 9.17) is 14.0 Å². The zero-order chi connectivity index (χ0) is 30.2. The van der Waals surface area contributed by atoms with E-state index in [1.165, 1.54) is 0 Å². The molecule has 1 saturated heterocycles. The van der Waals surface area contributed by atoms with Gasteiger partial charge in [-0.2, -0.15) is 0 Å². The standard InChI is InChI=1S/C17H27F2N4O6P.C4H8O2.CH2F2/c1-5-20-30(22-11(4)15(25)28-10(2)3)27-9-12-17(18,19)8-14(29-12)23-7-6-13(24)21-16(23)26;1-4(2)6-3-5;2-1-3/h6-7,10-12,14,20,22H,5,8-9H2,1-4H3,(H,21,24,26);3-4H,1-2H3;1H2. The van der Waals surface area contributed by atoms with E-state index in [1.807, 2.05) is 4.98 Å². The number of nitrogens with one attached hydrogen (secondary N) is 3. The average molecular weight is 593 g/mol. The second-order valence-electron chi connectivity index (χ2n) is 8.38. The second-order valence-corrected chi connectivity index (χ2v) is 9.80. The van der Waals surface area contributed by atoms with Gasteiger partial charge in [-0.15, -0.1) is 0 Å². The Labute approximate surface area is 224 Å². The van der Waals surface area contributed by atoms with Crippen LogP contribution in [0.3, 0.4) is 0 Å². The Hall–Kier alpha value is -2.39. The minimum absolute atomic E-state index is 0.0301. The van der Waals surface area contributed by atoms with Gasteiger partial charge in [-0.1, -0.05) is 6.92 Å². The normalized spacial score (nSPS) is 19.3. The Kier molecular flexibility index (Phi) is 17.7. The monoisotopic (exact) mass is 592 g/mol. The van der Waals surface area contributed by atoms with E-state index >= 15 is 0 Å². The molecule has 0 aromatic carbocycles. The number of carbonyl (C=O) groups excluding carboxylic acids is 2. The van der Waals surface area contributed by atoms with Crippen molar-refractivity contribution >= 4 is 20.9 Å². The lowest BCUT2D eigenvalue weighted by atomic mass is 10.2. The number of aromatic nitrogens is 2. The zero-order valence-corrected chi connectivity index (χ0v) is 23.5. The molecule has 39 heavy (non-hydrogen) atoms. The van der Waals surface area contributed by atoms with Crippen molar-refractivity contribution in [3.63, 3.8) is 0 Å². The van der Waals surface area contributed by atoms with Gasteiger partial charge in [0.05, 0.1) is 25.2 Å². The molecule has 1 aliphatic rings. The lowest BCUT2D eigenvalue weighted by Crippen LogP contribution is -2.38. The molecule has 1 aliphatic heterocycles. The molecule has 0 saturated carbocycles. The van der Waals surface area contributed by atoms with Crippen LogP contribution in [0.15, 0.2) is 21.9 Å². The van der Waals surface area contributed by atoms with Gasteiger partial charge in [0, 0.05) is 12.3 Å². The van der Waals surface area contributed by atoms with Gasteiger partial charge in [0.2, 0.25) is 6.93 Å². The van der Waals surface area contributed by atoms with E-state index in [-0.39, 0.29) is 12.2 Å². The number of nitrogens with zero attached hydrogens (tertiary/aromatic N) is 1. The van der Waals surface area contributed by atoms with E-state index in [2.05, 4.69) is 14.9 Å². The lowest BCUT2D eigenvalue weighted by molar-refractivity contribution is -0.149. The first-order chi connectivity index (χ1) is 18.2. The summed E-state index contributed by atoms with van der Waals surface area (Å²) in [6.45, 7) is 9.13. The summed E-state index contributed by atoms with van der Waals surface area (Å²) >= 11 is 0. The first kappa shape index (κ1) is 36.6. The fourth-order valence-corrected chi connectivity index (χ4v) is 4.06. The smallest absolute Gasteiger partial charge is 0.330 e. The molecule has 12 nitrogen and oxygen atoms in total. The second kappa shape index (κ2) is 18.8. The van der Waals surface area contributed by atoms with Gasteiger partial charge in [-0.3, -0.25) is 29.0 Å². The molecule has 4 atom stereocenters. The molecular formula is C22H37F4N4O8P. The average Bonchev–Trinajstić information content (AvgIpc) is 3.11. The van der Waals surface area contributed by atoms with Crippen LogP contribution in [0.4, 0.5) is 17.6 Å². The number of hydrogen-bond acceptors (Lipinski definition) is 10. The predicted octanol–water partition coefficient (Wildman–Crippen LogP) is 2.69. The molecule has 0 spiro atoms. The summed E-state index contributed by atoms with van der Waals surface area (Å²) in [4.78, 5) is 46.4. The molecule has 0 amide bonds. The third-order valence-corrected chi connectivity index (χ3v) is 6.03. The van der Waals surface area contributed by atoms with Crippen LogP contribution in [-0.4, -0.2) is 72.3 Å². The molecule has 4 unspecified atom stereocenters. The quantitative estimate of drug-likeness (QED) is 0.143. The van der Waals surface area contributed by atoms with Gasteiger partial charge in [0.1, 0.15) is 18.4 Å². The molecule has 2 rings (SSSR count). The van der Waals surface area contributed by atoms with E-state index in [0.29, 0.717) is 13.0 Å². The maximum Gasteiger partial charge on any atom is 0.330 e. The van der Waals surface area contributed by atoms with E-state index < -0.39 is 69.9 Å². The SMILES string of the molecule is CC(C)OC=O.CCNP(NC(C)C(=O)OC(C)C)OCC1OC(n2ccc(=O)[nH]c2=O)CC1(F)F.FCF. The van der Waals surface area contributed by atoms with Crippen molar-refractivity contribution in [1.29, 1.82) is 0 Å². The fraction of sp³-hybridized carbons (Fsp3) is 0.727. The summed E-state index contributed by atoms with van der Waals surface area (Å²) in [7, 11) is -1.62. The first-order valence-electron chi connectivity index (χ1n) is 11.9. The molecule has 0 bridgehead atoms. The maximum atomic E-state index is 14.4. The molecule has 0 aliphatic carbocycles. The molecule has 226 valence electrons. The largest absolute Gasteiger partial charge is 0.465 e. The number of esters is 1. The van der Waals surface area contributed by atoms with Crippen LogP contribution in [0.5, 0.6) is 0 Å². The Balaban J connectivity index is 0.00000139. The van der Waals surface area contributed by atoms with Crippen LogP contribution >= 0.6 is 8.45 Å². The molecule has 0 radical (unpaired) electrons. The number of halogens is 4. The highest BCUT2D eigenvalue weighted by atomic mass is 31.2. The lowest BCUT2D eigenvalue weighted by Gasteiger charge is -2.25. The van der Waals surface area contributed by atoms with Gasteiger partial charge in [-0.25, -0.2) is 27.4 Å². The van der Waals surface area contributed by atoms with Crippen LogP contribution < -0.4 is 21.4 Å². The Morgan fingerprint density at radius 1 is 1.26 bits per heavy atom. The third kappa shape index (κ3) is 14.5. The van der Waals surface area contributed by atoms with Gasteiger partial charge < -0.3 is 18.7 Å². The minimum Gasteiger partial charge on any atom is -0.465 e. The van der Waals surface area contributed by atoms with Crippen molar-refractivity contribution in [3.8, 4) is 0 Å². The third-order valence-electron chi connectivity index (χ3n) is 4.40. The number of rotatable bonds is 12. The van der Waals surface area contributed by atoms with Gasteiger partial charge in [0.25, 0.3) is 18.0 Å². The number of carbonyl (C=O) groups is 2. The maximum absolute atomic E-state index is 14.4. The highest BCUT2D eigenvalue weighted by Crippen LogP contribution is 2.42. The number of aromatic amines is 1. The molecular weight excluding hydrogens is 555 g/mol. The molecule has 1 aromatic rings. The summed E-state index contributed by atoms with van der Waals surface area (Å²) in [5.41, 5.74) is -1.47. The zero-order valence-electron chi connectivity index (χ0n) is 22.6. The molecule has 17 heteroatoms. The van der Waals surface area contributed by atoms with Gasteiger partial charge in [-0.05, 0) is 41.2 Å². The summed E-state index contributed by atoms with van der Waals surface area (Å²) in [5, 5.41) is 5.85. The minimum atomic E-state index is -3.25. The predicted molar refractivity (Wildman–Crippen MR) is 135 cm³/mol. The van der Waals surface area contributed by atoms with Crippen molar-refractivity contribution in [1.82, 2.24) is 19.7 Å². The molecule has 2 heterocycles. The fourth-order valence-electron chi connectivity index (χ4n) is 2.77. The van der Waals surface area contributed by atoms with E-state index in [0.717, 1.165) is 16.8 Å². The van der Waals surface area contributed by atoms with Crippen molar-refractivity contribution in [2.45, 2.75) is 84.5 Å². The Morgan fingerprint density at radius 3 is 2.33 bits per heavy atom. The van der Waals surface area contributed by atoms with Crippen molar-refractivity contribution < 1.29 is 45.9 Å². The van der Waals surface area contributed by atoms with Crippen LogP contribution in [0, 0.1) is 0 Å². The number of alkyl halides is 4. The van der Waals surface area contributed by atoms with Crippen LogP contribution in [0.1, 0.15) is 54.2 Å². The topological polar surface area (TPSA) is 150 Å². The van der Waals surface area contributed by atoms with Crippen LogP contribution in [-0.2, 0) is 28.3 Å². The summed E-state index contributed by atoms with van der Waals surface area (Å²) in [6, 6.07) is 0.341. The number of ether oxygens (including phenoxy) is 3. The Bertz CT molecular complexity index is 966.